The third-order valence-corrected chi connectivity index (χ3v) is 4.81. The summed E-state index contributed by atoms with van der Waals surface area (Å²) in [6.07, 6.45) is 3.58. The van der Waals surface area contributed by atoms with Gasteiger partial charge < -0.3 is 5.73 Å². The molecule has 1 saturated heterocycles. The van der Waals surface area contributed by atoms with Crippen LogP contribution in [-0.2, 0) is 5.54 Å². The van der Waals surface area contributed by atoms with Crippen molar-refractivity contribution in [3.05, 3.63) is 34.9 Å². The standard InChI is InChI=1S/C17H27ClN2/c1-13(2)12-17(19,14(3)20-10-4-5-11-20)15-6-8-16(18)9-7-15/h6-9,13-14H,4-5,10-12,19H2,1-3H3. The van der Waals surface area contributed by atoms with E-state index in [0.717, 1.165) is 11.4 Å². The van der Waals surface area contributed by atoms with Gasteiger partial charge in [0.1, 0.15) is 0 Å². The van der Waals surface area contributed by atoms with E-state index in [1.165, 1.54) is 31.5 Å². The Morgan fingerprint density at radius 2 is 1.70 bits per heavy atom. The van der Waals surface area contributed by atoms with Gasteiger partial charge in [0, 0.05) is 11.1 Å². The highest BCUT2D eigenvalue weighted by Gasteiger charge is 2.38. The molecule has 1 aliphatic rings. The Morgan fingerprint density at radius 3 is 2.20 bits per heavy atom. The second-order valence-electron chi connectivity index (χ2n) is 6.56. The lowest BCUT2D eigenvalue weighted by atomic mass is 9.77. The molecule has 0 saturated carbocycles. The zero-order valence-corrected chi connectivity index (χ0v) is 13.7. The molecular weight excluding hydrogens is 268 g/mol. The van der Waals surface area contributed by atoms with E-state index in [-0.39, 0.29) is 5.54 Å². The molecule has 0 radical (unpaired) electrons. The van der Waals surface area contributed by atoms with Crippen molar-refractivity contribution in [2.75, 3.05) is 13.1 Å². The number of hydrogen-bond donors (Lipinski definition) is 1. The van der Waals surface area contributed by atoms with E-state index >= 15 is 0 Å². The summed E-state index contributed by atoms with van der Waals surface area (Å²) in [5.41, 5.74) is 7.81. The molecule has 1 aliphatic heterocycles. The van der Waals surface area contributed by atoms with Crippen LogP contribution in [-0.4, -0.2) is 24.0 Å². The van der Waals surface area contributed by atoms with Crippen LogP contribution >= 0.6 is 11.6 Å². The van der Waals surface area contributed by atoms with Gasteiger partial charge in [-0.3, -0.25) is 4.90 Å². The summed E-state index contributed by atoms with van der Waals surface area (Å²) in [6, 6.07) is 8.45. The Balaban J connectivity index is 2.30. The van der Waals surface area contributed by atoms with Gasteiger partial charge in [-0.25, -0.2) is 0 Å². The average molecular weight is 295 g/mol. The number of nitrogens with zero attached hydrogens (tertiary/aromatic N) is 1. The maximum atomic E-state index is 6.91. The molecule has 2 rings (SSSR count). The predicted octanol–water partition coefficient (Wildman–Crippen LogP) is 4.02. The predicted molar refractivity (Wildman–Crippen MR) is 87.0 cm³/mol. The average Bonchev–Trinajstić information content (AvgIpc) is 2.91. The number of likely N-dealkylation sites (tertiary alicyclic amines) is 1. The minimum absolute atomic E-state index is 0.302. The van der Waals surface area contributed by atoms with Crippen molar-refractivity contribution >= 4 is 11.6 Å². The van der Waals surface area contributed by atoms with E-state index < -0.39 is 0 Å². The van der Waals surface area contributed by atoms with Crippen LogP contribution in [0.25, 0.3) is 0 Å². The number of benzene rings is 1. The van der Waals surface area contributed by atoms with E-state index in [1.807, 2.05) is 12.1 Å². The van der Waals surface area contributed by atoms with Crippen LogP contribution in [0, 0.1) is 5.92 Å². The normalized spacial score (nSPS) is 21.1. The van der Waals surface area contributed by atoms with Crippen LogP contribution < -0.4 is 5.73 Å². The number of rotatable bonds is 5. The first kappa shape index (κ1) is 15.8. The third kappa shape index (κ3) is 3.36. The second-order valence-corrected chi connectivity index (χ2v) is 7.00. The van der Waals surface area contributed by atoms with E-state index in [9.17, 15) is 0 Å². The molecule has 3 heteroatoms. The molecule has 0 amide bonds. The lowest BCUT2D eigenvalue weighted by molar-refractivity contribution is 0.140. The number of nitrogens with two attached hydrogens (primary N) is 1. The van der Waals surface area contributed by atoms with Gasteiger partial charge in [0.05, 0.1) is 5.54 Å². The first-order chi connectivity index (χ1) is 9.43. The summed E-state index contributed by atoms with van der Waals surface area (Å²) in [4.78, 5) is 2.54. The number of halogens is 1. The molecule has 20 heavy (non-hydrogen) atoms. The highest BCUT2D eigenvalue weighted by molar-refractivity contribution is 6.30. The molecule has 1 heterocycles. The minimum atomic E-state index is -0.302. The molecule has 1 aromatic rings. The molecule has 2 N–H and O–H groups in total. The molecule has 0 spiro atoms. The molecule has 0 aliphatic carbocycles. The molecule has 2 unspecified atom stereocenters. The van der Waals surface area contributed by atoms with Gasteiger partial charge in [-0.2, -0.15) is 0 Å². The molecule has 112 valence electrons. The summed E-state index contributed by atoms with van der Waals surface area (Å²) < 4.78 is 0. The Hall–Kier alpha value is -0.570. The summed E-state index contributed by atoms with van der Waals surface area (Å²) in [5, 5.41) is 0.773. The van der Waals surface area contributed by atoms with Crippen molar-refractivity contribution in [1.29, 1.82) is 0 Å². The van der Waals surface area contributed by atoms with Crippen LogP contribution in [0.3, 0.4) is 0 Å². The van der Waals surface area contributed by atoms with E-state index in [0.29, 0.717) is 12.0 Å². The van der Waals surface area contributed by atoms with Crippen molar-refractivity contribution in [2.24, 2.45) is 11.7 Å². The van der Waals surface area contributed by atoms with Gasteiger partial charge in [-0.1, -0.05) is 37.6 Å². The smallest absolute Gasteiger partial charge is 0.0567 e. The Bertz CT molecular complexity index is 423. The first-order valence-corrected chi connectivity index (χ1v) is 8.10. The Kier molecular flexibility index (Phi) is 5.11. The lowest BCUT2D eigenvalue weighted by Gasteiger charge is -2.42. The monoisotopic (exact) mass is 294 g/mol. The minimum Gasteiger partial charge on any atom is -0.320 e. The fourth-order valence-corrected chi connectivity index (χ4v) is 3.55. The van der Waals surface area contributed by atoms with E-state index in [1.54, 1.807) is 0 Å². The highest BCUT2D eigenvalue weighted by atomic mass is 35.5. The van der Waals surface area contributed by atoms with Gasteiger partial charge >= 0.3 is 0 Å². The zero-order chi connectivity index (χ0) is 14.8. The second kappa shape index (κ2) is 6.46. The molecule has 0 bridgehead atoms. The molecule has 2 nitrogen and oxygen atoms in total. The van der Waals surface area contributed by atoms with Crippen LogP contribution in [0.2, 0.25) is 5.02 Å². The molecule has 0 aromatic heterocycles. The van der Waals surface area contributed by atoms with Crippen LogP contribution in [0.4, 0.5) is 0 Å². The van der Waals surface area contributed by atoms with Gasteiger partial charge in [0.15, 0.2) is 0 Å². The topological polar surface area (TPSA) is 29.3 Å². The largest absolute Gasteiger partial charge is 0.320 e. The third-order valence-electron chi connectivity index (χ3n) is 4.56. The summed E-state index contributed by atoms with van der Waals surface area (Å²) in [7, 11) is 0. The fourth-order valence-electron chi connectivity index (χ4n) is 3.42. The summed E-state index contributed by atoms with van der Waals surface area (Å²) in [6.45, 7) is 9.11. The van der Waals surface area contributed by atoms with Crippen LogP contribution in [0.15, 0.2) is 24.3 Å². The van der Waals surface area contributed by atoms with E-state index in [4.69, 9.17) is 17.3 Å². The van der Waals surface area contributed by atoms with Gasteiger partial charge in [-0.15, -0.1) is 0 Å². The summed E-state index contributed by atoms with van der Waals surface area (Å²) in [5.74, 6) is 0.570. The quantitative estimate of drug-likeness (QED) is 0.888. The maximum absolute atomic E-state index is 6.91. The fraction of sp³-hybridized carbons (Fsp3) is 0.647. The Labute approximate surface area is 128 Å². The maximum Gasteiger partial charge on any atom is 0.0567 e. The lowest BCUT2D eigenvalue weighted by Crippen LogP contribution is -2.54. The van der Waals surface area contributed by atoms with Crippen molar-refractivity contribution in [3.8, 4) is 0 Å². The number of hydrogen-bond acceptors (Lipinski definition) is 2. The summed E-state index contributed by atoms with van der Waals surface area (Å²) >= 11 is 6.02. The van der Waals surface area contributed by atoms with E-state index in [2.05, 4.69) is 37.8 Å². The molecule has 1 aromatic carbocycles. The SMILES string of the molecule is CC(C)CC(N)(c1ccc(Cl)cc1)C(C)N1CCCC1. The molecular formula is C17H27ClN2. The van der Waals surface area contributed by atoms with Crippen LogP contribution in [0.1, 0.15) is 45.6 Å². The first-order valence-electron chi connectivity index (χ1n) is 7.72. The van der Waals surface area contributed by atoms with Crippen molar-refractivity contribution in [2.45, 2.75) is 51.6 Å². The molecule has 2 atom stereocenters. The Morgan fingerprint density at radius 1 is 1.15 bits per heavy atom. The van der Waals surface area contributed by atoms with Crippen molar-refractivity contribution in [1.82, 2.24) is 4.90 Å². The van der Waals surface area contributed by atoms with Gasteiger partial charge in [0.25, 0.3) is 0 Å². The van der Waals surface area contributed by atoms with Gasteiger partial charge in [0.2, 0.25) is 0 Å². The van der Waals surface area contributed by atoms with Crippen molar-refractivity contribution in [3.63, 3.8) is 0 Å². The molecule has 1 fully saturated rings. The van der Waals surface area contributed by atoms with Crippen LogP contribution in [0.5, 0.6) is 0 Å². The van der Waals surface area contributed by atoms with Crippen molar-refractivity contribution < 1.29 is 0 Å². The zero-order valence-electron chi connectivity index (χ0n) is 12.9. The van der Waals surface area contributed by atoms with Gasteiger partial charge in [-0.05, 0) is 62.9 Å². The highest BCUT2D eigenvalue weighted by Crippen LogP contribution is 2.34.